The molecule has 0 saturated heterocycles. The fourth-order valence-corrected chi connectivity index (χ4v) is 1.63. The summed E-state index contributed by atoms with van der Waals surface area (Å²) in [7, 11) is 0. The predicted molar refractivity (Wildman–Crippen MR) is 61.2 cm³/mol. The van der Waals surface area contributed by atoms with Gasteiger partial charge in [0.1, 0.15) is 0 Å². The first-order valence-electron chi connectivity index (χ1n) is 5.24. The molecule has 0 unspecified atom stereocenters. The third kappa shape index (κ3) is 2.58. The van der Waals surface area contributed by atoms with Gasteiger partial charge in [-0.1, -0.05) is 0 Å². The third-order valence-corrected chi connectivity index (χ3v) is 2.28. The highest BCUT2D eigenvalue weighted by Gasteiger charge is 2.17. The van der Waals surface area contributed by atoms with E-state index >= 15 is 0 Å². The topological polar surface area (TPSA) is 49.2 Å². The highest BCUT2D eigenvalue weighted by atomic mass is 16.3. The van der Waals surface area contributed by atoms with Gasteiger partial charge in [0, 0.05) is 12.1 Å². The summed E-state index contributed by atoms with van der Waals surface area (Å²) in [6.07, 6.45) is 1.45. The molecule has 0 amide bonds. The highest BCUT2D eigenvalue weighted by Crippen LogP contribution is 2.19. The van der Waals surface area contributed by atoms with Crippen molar-refractivity contribution in [1.82, 2.24) is 9.97 Å². The molecule has 0 aliphatic rings. The smallest absolute Gasteiger partial charge is 0.226 e. The molecule has 1 aromatic rings. The van der Waals surface area contributed by atoms with Gasteiger partial charge in [-0.05, 0) is 34.6 Å². The van der Waals surface area contributed by atoms with Crippen LogP contribution in [0.15, 0.2) is 6.20 Å². The van der Waals surface area contributed by atoms with E-state index in [0.29, 0.717) is 23.7 Å². The maximum absolute atomic E-state index is 9.36. The zero-order valence-electron chi connectivity index (χ0n) is 10.0. The molecule has 4 heteroatoms. The Morgan fingerprint density at radius 3 is 2.13 bits per heavy atom. The lowest BCUT2D eigenvalue weighted by molar-refractivity contribution is 0.463. The molecule has 4 nitrogen and oxygen atoms in total. The van der Waals surface area contributed by atoms with Gasteiger partial charge in [-0.15, -0.1) is 0 Å². The van der Waals surface area contributed by atoms with E-state index in [1.54, 1.807) is 6.92 Å². The van der Waals surface area contributed by atoms with Crippen LogP contribution in [0, 0.1) is 6.92 Å². The van der Waals surface area contributed by atoms with Gasteiger partial charge < -0.3 is 10.0 Å². The average molecular weight is 209 g/mol. The second-order valence-corrected chi connectivity index (χ2v) is 4.24. The molecule has 0 fully saturated rings. The number of aromatic nitrogens is 2. The molecule has 0 bridgehead atoms. The largest absolute Gasteiger partial charge is 0.504 e. The maximum Gasteiger partial charge on any atom is 0.226 e. The Kier molecular flexibility index (Phi) is 3.50. The number of nitrogens with zero attached hydrogens (tertiary/aromatic N) is 3. The molecule has 1 aromatic heterocycles. The van der Waals surface area contributed by atoms with Gasteiger partial charge in [0.05, 0.1) is 11.9 Å². The van der Waals surface area contributed by atoms with E-state index in [2.05, 4.69) is 42.6 Å². The van der Waals surface area contributed by atoms with E-state index in [1.807, 2.05) is 0 Å². The fourth-order valence-electron chi connectivity index (χ4n) is 1.63. The predicted octanol–water partition coefficient (Wildman–Crippen LogP) is 2.11. The highest BCUT2D eigenvalue weighted by molar-refractivity contribution is 5.36. The minimum atomic E-state index is 0.145. The lowest BCUT2D eigenvalue weighted by Crippen LogP contribution is -2.38. The SMILES string of the molecule is Cc1nc(N(C(C)C)C(C)C)ncc1O. The maximum atomic E-state index is 9.36. The van der Waals surface area contributed by atoms with E-state index < -0.39 is 0 Å². The van der Waals surface area contributed by atoms with Crippen molar-refractivity contribution in [1.29, 1.82) is 0 Å². The monoisotopic (exact) mass is 209 g/mol. The van der Waals surface area contributed by atoms with Gasteiger partial charge in [0.2, 0.25) is 5.95 Å². The lowest BCUT2D eigenvalue weighted by Gasteiger charge is -2.30. The van der Waals surface area contributed by atoms with Crippen LogP contribution in [0.4, 0.5) is 5.95 Å². The van der Waals surface area contributed by atoms with Crippen LogP contribution in [-0.2, 0) is 0 Å². The van der Waals surface area contributed by atoms with Crippen molar-refractivity contribution in [3.05, 3.63) is 11.9 Å². The molecule has 1 N–H and O–H groups in total. The number of hydrogen-bond acceptors (Lipinski definition) is 4. The van der Waals surface area contributed by atoms with E-state index in [4.69, 9.17) is 0 Å². The van der Waals surface area contributed by atoms with Crippen LogP contribution >= 0.6 is 0 Å². The van der Waals surface area contributed by atoms with Crippen molar-refractivity contribution in [3.63, 3.8) is 0 Å². The molecule has 0 radical (unpaired) electrons. The lowest BCUT2D eigenvalue weighted by atomic mass is 10.2. The van der Waals surface area contributed by atoms with Crippen LogP contribution in [0.2, 0.25) is 0 Å². The first-order valence-corrected chi connectivity index (χ1v) is 5.24. The van der Waals surface area contributed by atoms with Crippen molar-refractivity contribution in [3.8, 4) is 5.75 Å². The molecular formula is C11H19N3O. The van der Waals surface area contributed by atoms with Crippen LogP contribution in [0.3, 0.4) is 0 Å². The van der Waals surface area contributed by atoms with Gasteiger partial charge in [-0.3, -0.25) is 0 Å². The second-order valence-electron chi connectivity index (χ2n) is 4.24. The second kappa shape index (κ2) is 4.47. The molecule has 1 rings (SSSR count). The molecule has 1 heterocycles. The van der Waals surface area contributed by atoms with Crippen molar-refractivity contribution in [2.24, 2.45) is 0 Å². The first-order chi connectivity index (χ1) is 6.93. The summed E-state index contributed by atoms with van der Waals surface area (Å²) >= 11 is 0. The summed E-state index contributed by atoms with van der Waals surface area (Å²) in [5.41, 5.74) is 0.617. The molecule has 84 valence electrons. The Morgan fingerprint density at radius 2 is 1.73 bits per heavy atom. The van der Waals surface area contributed by atoms with E-state index in [9.17, 15) is 5.11 Å². The Balaban J connectivity index is 3.07. The number of rotatable bonds is 3. The number of aromatic hydroxyl groups is 1. The summed E-state index contributed by atoms with van der Waals surface area (Å²) in [5, 5.41) is 9.36. The average Bonchev–Trinajstić information content (AvgIpc) is 2.10. The van der Waals surface area contributed by atoms with Crippen molar-refractivity contribution < 1.29 is 5.11 Å². The van der Waals surface area contributed by atoms with Crippen LogP contribution < -0.4 is 4.90 Å². The molecule has 0 aromatic carbocycles. The fraction of sp³-hybridized carbons (Fsp3) is 0.636. The van der Waals surface area contributed by atoms with Gasteiger partial charge >= 0.3 is 0 Å². The van der Waals surface area contributed by atoms with Crippen molar-refractivity contribution in [2.75, 3.05) is 4.90 Å². The zero-order valence-corrected chi connectivity index (χ0v) is 10.0. The summed E-state index contributed by atoms with van der Waals surface area (Å²) in [6.45, 7) is 10.2. The summed E-state index contributed by atoms with van der Waals surface area (Å²) in [6, 6.07) is 0.683. The third-order valence-electron chi connectivity index (χ3n) is 2.28. The standard InChI is InChI=1S/C11H19N3O/c1-7(2)14(8(3)4)11-12-6-10(15)9(5)13-11/h6-8,15H,1-5H3. The first kappa shape index (κ1) is 11.8. The Labute approximate surface area is 91.0 Å². The van der Waals surface area contributed by atoms with E-state index in [1.165, 1.54) is 6.20 Å². The number of hydrogen-bond donors (Lipinski definition) is 1. The van der Waals surface area contributed by atoms with Crippen molar-refractivity contribution >= 4 is 5.95 Å². The molecule has 0 saturated carbocycles. The minimum Gasteiger partial charge on any atom is -0.504 e. The van der Waals surface area contributed by atoms with Gasteiger partial charge in [0.25, 0.3) is 0 Å². The van der Waals surface area contributed by atoms with Gasteiger partial charge in [-0.2, -0.15) is 0 Å². The quantitative estimate of drug-likeness (QED) is 0.828. The van der Waals surface area contributed by atoms with E-state index in [0.717, 1.165) is 0 Å². The Bertz CT molecular complexity index is 329. The molecule has 0 aliphatic heterocycles. The number of anilines is 1. The van der Waals surface area contributed by atoms with Gasteiger partial charge in [-0.25, -0.2) is 9.97 Å². The zero-order chi connectivity index (χ0) is 11.6. The molecule has 15 heavy (non-hydrogen) atoms. The van der Waals surface area contributed by atoms with Crippen LogP contribution in [-0.4, -0.2) is 27.2 Å². The van der Waals surface area contributed by atoms with Crippen LogP contribution in [0.25, 0.3) is 0 Å². The summed E-state index contributed by atoms with van der Waals surface area (Å²) < 4.78 is 0. The van der Waals surface area contributed by atoms with Crippen LogP contribution in [0.1, 0.15) is 33.4 Å². The minimum absolute atomic E-state index is 0.145. The van der Waals surface area contributed by atoms with Crippen LogP contribution in [0.5, 0.6) is 5.75 Å². The van der Waals surface area contributed by atoms with Crippen molar-refractivity contribution in [2.45, 2.75) is 46.7 Å². The van der Waals surface area contributed by atoms with Gasteiger partial charge in [0.15, 0.2) is 5.75 Å². The van der Waals surface area contributed by atoms with E-state index in [-0.39, 0.29) is 5.75 Å². The molecular weight excluding hydrogens is 190 g/mol. The Hall–Kier alpha value is -1.32. The summed E-state index contributed by atoms with van der Waals surface area (Å²) in [4.78, 5) is 10.5. The Morgan fingerprint density at radius 1 is 1.20 bits per heavy atom. The molecule has 0 atom stereocenters. The number of aryl methyl sites for hydroxylation is 1. The summed E-state index contributed by atoms with van der Waals surface area (Å²) in [5.74, 6) is 0.821. The normalized spacial score (nSPS) is 11.1. The molecule has 0 aliphatic carbocycles. The molecule has 0 spiro atoms.